The molecular weight excluding hydrogens is 546 g/mol. The van der Waals surface area contributed by atoms with Crippen LogP contribution in [-0.2, 0) is 22.7 Å². The zero-order valence-corrected chi connectivity index (χ0v) is 21.5. The Morgan fingerprint density at radius 1 is 1.05 bits per heavy atom. The average molecular weight is 564 g/mol. The molecule has 2 N–H and O–H groups in total. The molecule has 196 valence electrons. The summed E-state index contributed by atoms with van der Waals surface area (Å²) in [5, 5.41) is 20.3. The standard InChI is InChI=1S/C26H18ClN5O6S/c27-22-7-6-18(39-22)12-28-23-10-19(30-32(23)25(35)17-11-29-38-14-17)20-8-16(15-4-2-1-3-5-15)9-24(34)31(20)13-21(33)26(36)37/h1-11,14,28H,12-13H2,(H,36,37). The number of carbonyl (C=O) groups excluding carboxylic acids is 2. The molecule has 0 fully saturated rings. The number of benzene rings is 1. The molecule has 0 bridgehead atoms. The summed E-state index contributed by atoms with van der Waals surface area (Å²) in [6.45, 7) is -0.407. The van der Waals surface area contributed by atoms with E-state index in [2.05, 4.69) is 15.6 Å². The average Bonchev–Trinajstić information content (AvgIpc) is 3.70. The number of anilines is 1. The lowest BCUT2D eigenvalue weighted by Crippen LogP contribution is -2.29. The second-order valence-corrected chi connectivity index (χ2v) is 10.1. The maximum atomic E-state index is 13.2. The molecule has 0 amide bonds. The number of pyridine rings is 1. The summed E-state index contributed by atoms with van der Waals surface area (Å²) in [4.78, 5) is 50.7. The third-order valence-corrected chi connectivity index (χ3v) is 6.92. The molecule has 5 aromatic rings. The highest BCUT2D eigenvalue weighted by Crippen LogP contribution is 2.28. The highest BCUT2D eigenvalue weighted by molar-refractivity contribution is 7.16. The van der Waals surface area contributed by atoms with Crippen molar-refractivity contribution in [1.29, 1.82) is 0 Å². The maximum Gasteiger partial charge on any atom is 0.374 e. The van der Waals surface area contributed by atoms with Crippen LogP contribution in [0.25, 0.3) is 22.5 Å². The van der Waals surface area contributed by atoms with Crippen molar-refractivity contribution in [1.82, 2.24) is 19.5 Å². The normalized spacial score (nSPS) is 10.9. The summed E-state index contributed by atoms with van der Waals surface area (Å²) in [7, 11) is 0. The highest BCUT2D eigenvalue weighted by atomic mass is 35.5. The van der Waals surface area contributed by atoms with Gasteiger partial charge in [-0.25, -0.2) is 4.79 Å². The zero-order valence-electron chi connectivity index (χ0n) is 19.9. The molecule has 0 aliphatic rings. The van der Waals surface area contributed by atoms with Crippen LogP contribution in [0, 0.1) is 0 Å². The molecule has 13 heteroatoms. The fourth-order valence-electron chi connectivity index (χ4n) is 3.82. The molecule has 0 radical (unpaired) electrons. The van der Waals surface area contributed by atoms with E-state index in [1.807, 2.05) is 12.1 Å². The number of hydrogen-bond donors (Lipinski definition) is 2. The van der Waals surface area contributed by atoms with E-state index in [0.717, 1.165) is 19.7 Å². The number of carboxylic acids is 1. The van der Waals surface area contributed by atoms with Crippen LogP contribution in [0.3, 0.4) is 0 Å². The Morgan fingerprint density at radius 3 is 2.51 bits per heavy atom. The molecule has 0 aliphatic carbocycles. The molecule has 0 saturated carbocycles. The third kappa shape index (κ3) is 5.56. The van der Waals surface area contributed by atoms with Gasteiger partial charge in [0.15, 0.2) is 0 Å². The number of ketones is 1. The molecule has 4 aromatic heterocycles. The topological polar surface area (TPSA) is 149 Å². The van der Waals surface area contributed by atoms with Gasteiger partial charge in [-0.15, -0.1) is 11.3 Å². The van der Waals surface area contributed by atoms with Gasteiger partial charge in [0.25, 0.3) is 17.2 Å². The van der Waals surface area contributed by atoms with Gasteiger partial charge >= 0.3 is 5.97 Å². The Morgan fingerprint density at radius 2 is 1.85 bits per heavy atom. The Balaban J connectivity index is 1.64. The van der Waals surface area contributed by atoms with Crippen molar-refractivity contribution in [3.8, 4) is 22.5 Å². The van der Waals surface area contributed by atoms with Gasteiger partial charge in [0.2, 0.25) is 0 Å². The minimum atomic E-state index is -1.68. The van der Waals surface area contributed by atoms with Gasteiger partial charge in [0, 0.05) is 17.0 Å². The molecule has 39 heavy (non-hydrogen) atoms. The number of hydrogen-bond acceptors (Lipinski definition) is 9. The summed E-state index contributed by atoms with van der Waals surface area (Å²) >= 11 is 7.40. The number of rotatable bonds is 9. The second-order valence-electron chi connectivity index (χ2n) is 8.25. The van der Waals surface area contributed by atoms with Gasteiger partial charge < -0.3 is 14.9 Å². The number of carboxylic acid groups (broad SMARTS) is 1. The van der Waals surface area contributed by atoms with E-state index in [4.69, 9.17) is 16.1 Å². The van der Waals surface area contributed by atoms with Gasteiger partial charge in [0.05, 0.1) is 29.3 Å². The fourth-order valence-corrected chi connectivity index (χ4v) is 4.85. The monoisotopic (exact) mass is 563 g/mol. The Hall–Kier alpha value is -4.81. The smallest absolute Gasteiger partial charge is 0.374 e. The van der Waals surface area contributed by atoms with E-state index in [0.29, 0.717) is 16.4 Å². The highest BCUT2D eigenvalue weighted by Gasteiger charge is 2.23. The van der Waals surface area contributed by atoms with Crippen LogP contribution in [0.4, 0.5) is 5.82 Å². The molecule has 0 spiro atoms. The van der Waals surface area contributed by atoms with E-state index < -0.39 is 29.8 Å². The van der Waals surface area contributed by atoms with Crippen molar-refractivity contribution in [2.24, 2.45) is 0 Å². The largest absolute Gasteiger partial charge is 0.475 e. The first-order valence-corrected chi connectivity index (χ1v) is 12.6. The van der Waals surface area contributed by atoms with Crippen LogP contribution in [0.5, 0.6) is 0 Å². The number of nitrogens with zero attached hydrogens (tertiary/aromatic N) is 4. The number of aromatic nitrogens is 4. The van der Waals surface area contributed by atoms with E-state index in [-0.39, 0.29) is 22.8 Å². The predicted molar refractivity (Wildman–Crippen MR) is 143 cm³/mol. The molecular formula is C26H18ClN5O6S. The van der Waals surface area contributed by atoms with Crippen LogP contribution in [0.15, 0.2) is 82.4 Å². The fraction of sp³-hybridized carbons (Fsp3) is 0.0769. The maximum absolute atomic E-state index is 13.2. The van der Waals surface area contributed by atoms with Crippen LogP contribution >= 0.6 is 22.9 Å². The third-order valence-electron chi connectivity index (χ3n) is 5.69. The van der Waals surface area contributed by atoms with Crippen LogP contribution in [-0.4, -0.2) is 42.3 Å². The molecule has 0 saturated heterocycles. The zero-order chi connectivity index (χ0) is 27.5. The van der Waals surface area contributed by atoms with E-state index in [1.165, 1.54) is 35.9 Å². The second kappa shape index (κ2) is 10.9. The predicted octanol–water partition coefficient (Wildman–Crippen LogP) is 4.04. The molecule has 0 unspecified atom stereocenters. The SMILES string of the molecule is O=C(O)C(=O)Cn1c(-c2cc(NCc3ccc(Cl)s3)n(C(=O)c3cnoc3)n2)cc(-c2ccccc2)cc1=O. The van der Waals surface area contributed by atoms with Gasteiger partial charge in [-0.05, 0) is 29.3 Å². The van der Waals surface area contributed by atoms with E-state index in [1.54, 1.807) is 36.4 Å². The first-order valence-electron chi connectivity index (χ1n) is 11.4. The van der Waals surface area contributed by atoms with E-state index in [9.17, 15) is 24.3 Å². The number of thiophene rings is 1. The Bertz CT molecular complexity index is 1740. The lowest BCUT2D eigenvalue weighted by molar-refractivity contribution is -0.149. The van der Waals surface area contributed by atoms with Gasteiger partial charge in [-0.1, -0.05) is 47.1 Å². The molecule has 1 aromatic carbocycles. The van der Waals surface area contributed by atoms with Crippen molar-refractivity contribution < 1.29 is 24.0 Å². The van der Waals surface area contributed by atoms with Gasteiger partial charge in [0.1, 0.15) is 23.3 Å². The number of halogens is 1. The van der Waals surface area contributed by atoms with Crippen molar-refractivity contribution in [3.63, 3.8) is 0 Å². The first kappa shape index (κ1) is 25.8. The number of Topliss-reactive ketones (excluding diaryl/α,β-unsaturated/α-hetero) is 1. The number of carbonyl (C=O) groups is 3. The number of nitrogens with one attached hydrogen (secondary N) is 1. The minimum absolute atomic E-state index is 0.128. The molecule has 4 heterocycles. The minimum Gasteiger partial charge on any atom is -0.475 e. The summed E-state index contributed by atoms with van der Waals surface area (Å²) in [5.41, 5.74) is 1.07. The molecule has 0 aliphatic heterocycles. The van der Waals surface area contributed by atoms with Crippen molar-refractivity contribution in [2.45, 2.75) is 13.1 Å². The Kier molecular flexibility index (Phi) is 7.21. The Labute approximate surface area is 228 Å². The van der Waals surface area contributed by atoms with Crippen molar-refractivity contribution in [2.75, 3.05) is 5.32 Å². The molecule has 0 atom stereocenters. The summed E-state index contributed by atoms with van der Waals surface area (Å²) in [6.07, 6.45) is 2.41. The first-order chi connectivity index (χ1) is 18.8. The lowest BCUT2D eigenvalue weighted by Gasteiger charge is -2.12. The van der Waals surface area contributed by atoms with Gasteiger partial charge in [-0.2, -0.15) is 9.78 Å². The summed E-state index contributed by atoms with van der Waals surface area (Å²) < 4.78 is 7.51. The lowest BCUT2D eigenvalue weighted by atomic mass is 10.0. The summed E-state index contributed by atoms with van der Waals surface area (Å²) in [6, 6.07) is 17.1. The number of aliphatic carboxylic acids is 1. The van der Waals surface area contributed by atoms with Crippen LogP contribution in [0.2, 0.25) is 4.34 Å². The quantitative estimate of drug-likeness (QED) is 0.253. The van der Waals surface area contributed by atoms with E-state index >= 15 is 0 Å². The van der Waals surface area contributed by atoms with Gasteiger partial charge in [-0.3, -0.25) is 19.0 Å². The molecule has 5 rings (SSSR count). The van der Waals surface area contributed by atoms with Crippen molar-refractivity contribution in [3.05, 3.63) is 98.3 Å². The van der Waals surface area contributed by atoms with Crippen molar-refractivity contribution >= 4 is 46.4 Å². The molecule has 11 nitrogen and oxygen atoms in total. The summed E-state index contributed by atoms with van der Waals surface area (Å²) in [5.74, 6) is -3.15. The van der Waals surface area contributed by atoms with Crippen LogP contribution < -0.4 is 10.9 Å². The van der Waals surface area contributed by atoms with Crippen LogP contribution in [0.1, 0.15) is 15.2 Å².